The van der Waals surface area contributed by atoms with Crippen molar-refractivity contribution in [1.29, 1.82) is 0 Å². The second-order valence-electron chi connectivity index (χ2n) is 4.75. The highest BCUT2D eigenvalue weighted by Crippen LogP contribution is 2.38. The molecule has 1 aliphatic carbocycles. The molecule has 3 nitrogen and oxygen atoms in total. The molecular formula is C15H33NO2. The van der Waals surface area contributed by atoms with Gasteiger partial charge in [0, 0.05) is 0 Å². The topological polar surface area (TPSA) is 29.5 Å². The van der Waals surface area contributed by atoms with Gasteiger partial charge in [-0.1, -0.05) is 40.5 Å². The summed E-state index contributed by atoms with van der Waals surface area (Å²) in [6.07, 6.45) is 4.34. The number of hydrogen-bond acceptors (Lipinski definition) is 3. The first-order chi connectivity index (χ1) is 8.50. The Morgan fingerprint density at radius 3 is 1.78 bits per heavy atom. The van der Waals surface area contributed by atoms with Gasteiger partial charge in [0.2, 0.25) is 0 Å². The molecule has 3 heteroatoms. The van der Waals surface area contributed by atoms with Gasteiger partial charge in [0.1, 0.15) is 0 Å². The predicted molar refractivity (Wildman–Crippen MR) is 78.8 cm³/mol. The van der Waals surface area contributed by atoms with E-state index >= 15 is 0 Å². The zero-order chi connectivity index (χ0) is 14.6. The Bertz CT molecular complexity index is 195. The fourth-order valence-corrected chi connectivity index (χ4v) is 1.83. The van der Waals surface area contributed by atoms with Gasteiger partial charge in [-0.3, -0.25) is 4.79 Å². The molecule has 1 fully saturated rings. The van der Waals surface area contributed by atoms with E-state index < -0.39 is 0 Å². The van der Waals surface area contributed by atoms with E-state index in [1.54, 1.807) is 0 Å². The largest absolute Gasteiger partial charge is 0.469 e. The maximum atomic E-state index is 11.1. The summed E-state index contributed by atoms with van der Waals surface area (Å²) in [5, 5.41) is 0. The van der Waals surface area contributed by atoms with E-state index in [0.717, 1.165) is 25.9 Å². The van der Waals surface area contributed by atoms with Crippen LogP contribution in [0.5, 0.6) is 0 Å². The second kappa shape index (κ2) is 11.5. The van der Waals surface area contributed by atoms with Gasteiger partial charge in [-0.2, -0.15) is 0 Å². The van der Waals surface area contributed by atoms with E-state index in [0.29, 0.717) is 0 Å². The summed E-state index contributed by atoms with van der Waals surface area (Å²) >= 11 is 0. The van der Waals surface area contributed by atoms with Crippen molar-refractivity contribution in [3.05, 3.63) is 0 Å². The van der Waals surface area contributed by atoms with Crippen LogP contribution in [0.1, 0.15) is 60.3 Å². The monoisotopic (exact) mass is 259 g/mol. The average Bonchev–Trinajstić information content (AvgIpc) is 2.88. The molecule has 0 aromatic rings. The lowest BCUT2D eigenvalue weighted by atomic mass is 9.89. The van der Waals surface area contributed by atoms with Gasteiger partial charge in [-0.25, -0.2) is 0 Å². The van der Waals surface area contributed by atoms with Crippen molar-refractivity contribution >= 4 is 5.97 Å². The molecule has 1 saturated carbocycles. The van der Waals surface area contributed by atoms with Crippen LogP contribution < -0.4 is 0 Å². The number of hydrogen-bond donors (Lipinski definition) is 0. The van der Waals surface area contributed by atoms with E-state index in [9.17, 15) is 4.79 Å². The van der Waals surface area contributed by atoms with Gasteiger partial charge in [0.15, 0.2) is 0 Å². The summed E-state index contributed by atoms with van der Waals surface area (Å²) < 4.78 is 4.70. The highest BCUT2D eigenvalue weighted by atomic mass is 16.5. The van der Waals surface area contributed by atoms with Gasteiger partial charge in [0.25, 0.3) is 0 Å². The van der Waals surface area contributed by atoms with Crippen molar-refractivity contribution in [3.8, 4) is 0 Å². The van der Waals surface area contributed by atoms with E-state index in [4.69, 9.17) is 4.74 Å². The van der Waals surface area contributed by atoms with E-state index in [-0.39, 0.29) is 11.4 Å². The van der Waals surface area contributed by atoms with Crippen LogP contribution in [0.2, 0.25) is 0 Å². The van der Waals surface area contributed by atoms with Crippen LogP contribution in [0.4, 0.5) is 0 Å². The number of esters is 1. The van der Waals surface area contributed by atoms with Gasteiger partial charge in [-0.05, 0) is 39.9 Å². The number of carbonyl (C=O) groups is 1. The molecule has 0 saturated heterocycles. The van der Waals surface area contributed by atoms with E-state index in [1.807, 2.05) is 20.8 Å². The van der Waals surface area contributed by atoms with Gasteiger partial charge < -0.3 is 9.64 Å². The third kappa shape index (κ3) is 7.70. The summed E-state index contributed by atoms with van der Waals surface area (Å²) in [5.41, 5.74) is -0.158. The summed E-state index contributed by atoms with van der Waals surface area (Å²) in [5.74, 6) is -0.0370. The molecule has 0 radical (unpaired) electrons. The molecule has 0 unspecified atom stereocenters. The lowest BCUT2D eigenvalue weighted by molar-refractivity contribution is -0.151. The Hall–Kier alpha value is -0.570. The molecule has 0 bridgehead atoms. The molecule has 18 heavy (non-hydrogen) atoms. The summed E-state index contributed by atoms with van der Waals surface area (Å²) in [7, 11) is 3.58. The minimum absolute atomic E-state index is 0.0370. The molecule has 0 spiro atoms. The van der Waals surface area contributed by atoms with Gasteiger partial charge >= 0.3 is 5.97 Å². The Morgan fingerprint density at radius 1 is 1.17 bits per heavy atom. The lowest BCUT2D eigenvalue weighted by Crippen LogP contribution is -2.25. The van der Waals surface area contributed by atoms with Crippen molar-refractivity contribution in [1.82, 2.24) is 4.90 Å². The second-order valence-corrected chi connectivity index (χ2v) is 4.75. The van der Waals surface area contributed by atoms with Crippen molar-refractivity contribution in [2.45, 2.75) is 60.3 Å². The zero-order valence-electron chi connectivity index (χ0n) is 13.5. The molecular weight excluding hydrogens is 226 g/mol. The molecule has 110 valence electrons. The molecule has 1 aliphatic rings. The van der Waals surface area contributed by atoms with Crippen molar-refractivity contribution < 1.29 is 9.53 Å². The number of carbonyl (C=O) groups excluding carboxylic acids is 1. The van der Waals surface area contributed by atoms with E-state index in [1.165, 1.54) is 20.0 Å². The van der Waals surface area contributed by atoms with Crippen LogP contribution in [0, 0.1) is 5.41 Å². The van der Waals surface area contributed by atoms with Crippen LogP contribution in [-0.4, -0.2) is 38.1 Å². The molecule has 1 rings (SSSR count). The molecule has 0 heterocycles. The fourth-order valence-electron chi connectivity index (χ4n) is 1.83. The lowest BCUT2D eigenvalue weighted by Gasteiger charge is -2.18. The number of rotatable bonds is 3. The Kier molecular flexibility index (Phi) is 12.6. The smallest absolute Gasteiger partial charge is 0.311 e. The summed E-state index contributed by atoms with van der Waals surface area (Å²) in [6.45, 7) is 12.6. The number of methoxy groups -OCH3 is 1. The number of ether oxygens (including phenoxy) is 1. The molecule has 0 aliphatic heterocycles. The first-order valence-corrected chi connectivity index (χ1v) is 7.27. The fraction of sp³-hybridized carbons (Fsp3) is 0.933. The maximum absolute atomic E-state index is 11.1. The SMILES string of the molecule is CC.CCN(C)CC.COC(=O)C1(C)CCCC1. The third-order valence-corrected chi connectivity index (χ3v) is 3.46. The van der Waals surface area contributed by atoms with Crippen molar-refractivity contribution in [2.75, 3.05) is 27.2 Å². The Morgan fingerprint density at radius 2 is 1.56 bits per heavy atom. The van der Waals surface area contributed by atoms with Gasteiger partial charge in [0.05, 0.1) is 12.5 Å². The average molecular weight is 259 g/mol. The van der Waals surface area contributed by atoms with Crippen LogP contribution in [0.25, 0.3) is 0 Å². The van der Waals surface area contributed by atoms with E-state index in [2.05, 4.69) is 25.8 Å². The Balaban J connectivity index is 0. The maximum Gasteiger partial charge on any atom is 0.311 e. The summed E-state index contributed by atoms with van der Waals surface area (Å²) in [4.78, 5) is 13.4. The molecule has 0 atom stereocenters. The third-order valence-electron chi connectivity index (χ3n) is 3.46. The predicted octanol–water partition coefficient (Wildman–Crippen LogP) is 3.72. The van der Waals surface area contributed by atoms with Crippen LogP contribution in [0.15, 0.2) is 0 Å². The minimum Gasteiger partial charge on any atom is -0.469 e. The number of nitrogens with zero attached hydrogens (tertiary/aromatic N) is 1. The standard InChI is InChI=1S/C8H14O2.C5H13N.C2H6/c1-8(7(9)10-2)5-3-4-6-8;1-4-6(3)5-2;1-2/h3-6H2,1-2H3;4-5H2,1-3H3;1-2H3. The first-order valence-electron chi connectivity index (χ1n) is 7.27. The van der Waals surface area contributed by atoms with Gasteiger partial charge in [-0.15, -0.1) is 0 Å². The quantitative estimate of drug-likeness (QED) is 0.723. The zero-order valence-corrected chi connectivity index (χ0v) is 13.5. The molecule has 0 amide bonds. The summed E-state index contributed by atoms with van der Waals surface area (Å²) in [6, 6.07) is 0. The normalized spacial score (nSPS) is 16.2. The molecule has 0 aromatic heterocycles. The van der Waals surface area contributed by atoms with Crippen LogP contribution in [0.3, 0.4) is 0 Å². The molecule has 0 N–H and O–H groups in total. The first kappa shape index (κ1) is 19.8. The molecule has 0 aromatic carbocycles. The van der Waals surface area contributed by atoms with Crippen molar-refractivity contribution in [2.24, 2.45) is 5.41 Å². The minimum atomic E-state index is -0.158. The highest BCUT2D eigenvalue weighted by molar-refractivity contribution is 5.76. The van der Waals surface area contributed by atoms with Crippen LogP contribution >= 0.6 is 0 Å². The van der Waals surface area contributed by atoms with Crippen molar-refractivity contribution in [3.63, 3.8) is 0 Å². The van der Waals surface area contributed by atoms with Crippen LogP contribution in [-0.2, 0) is 9.53 Å². The Labute approximate surface area is 114 Å². The highest BCUT2D eigenvalue weighted by Gasteiger charge is 2.36.